The molecule has 2 aromatic rings. The molecule has 2 heterocycles. The van der Waals surface area contributed by atoms with Gasteiger partial charge in [-0.3, -0.25) is 9.69 Å². The van der Waals surface area contributed by atoms with Crippen LogP contribution in [0.3, 0.4) is 0 Å². The van der Waals surface area contributed by atoms with Crippen molar-refractivity contribution in [3.63, 3.8) is 0 Å². The topological polar surface area (TPSA) is 80.6 Å². The third-order valence-electron chi connectivity index (χ3n) is 7.46. The Hall–Kier alpha value is -2.79. The van der Waals surface area contributed by atoms with E-state index in [9.17, 15) is 4.79 Å². The minimum Gasteiger partial charge on any atom is -0.490 e. The molecule has 2 aliphatic heterocycles. The van der Waals surface area contributed by atoms with Crippen LogP contribution in [0.5, 0.6) is 5.75 Å². The highest BCUT2D eigenvalue weighted by Gasteiger charge is 2.28. The van der Waals surface area contributed by atoms with Crippen LogP contribution in [0.1, 0.15) is 41.6 Å². The third kappa shape index (κ3) is 5.72. The predicted molar refractivity (Wildman–Crippen MR) is 137 cm³/mol. The minimum atomic E-state index is -0.0119. The largest absolute Gasteiger partial charge is 0.490 e. The summed E-state index contributed by atoms with van der Waals surface area (Å²) in [6.07, 6.45) is 3.57. The van der Waals surface area contributed by atoms with E-state index in [1.165, 1.54) is 5.69 Å². The molecule has 2 saturated heterocycles. The summed E-state index contributed by atoms with van der Waals surface area (Å²) in [6.45, 7) is 6.48. The van der Waals surface area contributed by atoms with Gasteiger partial charge in [0.2, 0.25) is 0 Å². The van der Waals surface area contributed by atoms with Crippen LogP contribution in [0.4, 0.5) is 5.69 Å². The number of rotatable bonds is 6. The molecule has 3 aliphatic rings. The van der Waals surface area contributed by atoms with Crippen molar-refractivity contribution in [2.75, 3.05) is 44.2 Å². The van der Waals surface area contributed by atoms with E-state index in [2.05, 4.69) is 38.6 Å². The molecular formula is C27H32ClN5O2. The van der Waals surface area contributed by atoms with Gasteiger partial charge in [0.15, 0.2) is 0 Å². The average Bonchev–Trinajstić information content (AvgIpc) is 2.85. The molecule has 7 nitrogen and oxygen atoms in total. The Bertz CT molecular complexity index is 1070. The van der Waals surface area contributed by atoms with Crippen molar-refractivity contribution in [3.05, 3.63) is 58.6 Å². The number of benzene rings is 2. The number of halogens is 1. The number of anilines is 1. The molecule has 0 radical (unpaired) electrons. The fraction of sp³-hybridized carbons (Fsp3) is 0.481. The van der Waals surface area contributed by atoms with E-state index in [1.807, 2.05) is 12.1 Å². The average molecular weight is 494 g/mol. The summed E-state index contributed by atoms with van der Waals surface area (Å²) < 4.78 is 6.06. The van der Waals surface area contributed by atoms with Crippen molar-refractivity contribution >= 4 is 23.2 Å². The van der Waals surface area contributed by atoms with Gasteiger partial charge in [-0.05, 0) is 62.1 Å². The van der Waals surface area contributed by atoms with Crippen molar-refractivity contribution in [1.29, 1.82) is 5.26 Å². The molecule has 0 atom stereocenters. The number of carbonyl (C=O) groups is 1. The maximum absolute atomic E-state index is 12.8. The van der Waals surface area contributed by atoms with E-state index in [1.54, 1.807) is 18.2 Å². The predicted octanol–water partition coefficient (Wildman–Crippen LogP) is 3.43. The van der Waals surface area contributed by atoms with Gasteiger partial charge >= 0.3 is 0 Å². The summed E-state index contributed by atoms with van der Waals surface area (Å²) in [6, 6.07) is 16.1. The van der Waals surface area contributed by atoms with Gasteiger partial charge in [-0.15, -0.1) is 0 Å². The number of ether oxygens (including phenoxy) is 1. The van der Waals surface area contributed by atoms with Crippen LogP contribution in [-0.4, -0.2) is 68.3 Å². The summed E-state index contributed by atoms with van der Waals surface area (Å²) in [5.74, 6) is 0.671. The molecule has 35 heavy (non-hydrogen) atoms. The Balaban J connectivity index is 1.07. The zero-order valence-corrected chi connectivity index (χ0v) is 20.6. The first kappa shape index (κ1) is 23.9. The Kier molecular flexibility index (Phi) is 7.43. The molecular weight excluding hydrogens is 462 g/mol. The summed E-state index contributed by atoms with van der Waals surface area (Å²) in [4.78, 5) is 17.8. The van der Waals surface area contributed by atoms with Crippen LogP contribution in [0.2, 0.25) is 5.02 Å². The normalized spacial score (nSPS) is 23.3. The third-order valence-corrected chi connectivity index (χ3v) is 7.77. The first-order valence-corrected chi connectivity index (χ1v) is 12.9. The molecule has 3 fully saturated rings. The number of nitriles is 1. The Morgan fingerprint density at radius 3 is 2.34 bits per heavy atom. The summed E-state index contributed by atoms with van der Waals surface area (Å²) in [5.41, 5.74) is 2.34. The van der Waals surface area contributed by atoms with Gasteiger partial charge in [-0.2, -0.15) is 5.26 Å². The van der Waals surface area contributed by atoms with Crippen molar-refractivity contribution in [2.24, 2.45) is 0 Å². The summed E-state index contributed by atoms with van der Waals surface area (Å²) in [5, 5.41) is 16.0. The van der Waals surface area contributed by atoms with Crippen LogP contribution in [-0.2, 0) is 0 Å². The zero-order chi connectivity index (χ0) is 24.2. The van der Waals surface area contributed by atoms with Crippen LogP contribution < -0.4 is 20.3 Å². The van der Waals surface area contributed by atoms with Gasteiger partial charge in [0.25, 0.3) is 5.91 Å². The highest BCUT2D eigenvalue weighted by atomic mass is 35.5. The van der Waals surface area contributed by atoms with Crippen molar-refractivity contribution in [1.82, 2.24) is 15.5 Å². The first-order valence-electron chi connectivity index (χ1n) is 12.6. The fourth-order valence-electron chi connectivity index (χ4n) is 5.15. The van der Waals surface area contributed by atoms with Gasteiger partial charge in [0.1, 0.15) is 11.8 Å². The summed E-state index contributed by atoms with van der Waals surface area (Å²) in [7, 11) is 0. The molecule has 0 unspecified atom stereocenters. The lowest BCUT2D eigenvalue weighted by Crippen LogP contribution is -2.61. The second kappa shape index (κ2) is 10.9. The van der Waals surface area contributed by atoms with Gasteiger partial charge in [0.05, 0.1) is 16.7 Å². The minimum absolute atomic E-state index is 0.0119. The lowest BCUT2D eigenvalue weighted by atomic mass is 9.92. The Labute approximate surface area is 212 Å². The van der Waals surface area contributed by atoms with Crippen molar-refractivity contribution in [2.45, 2.75) is 43.9 Å². The monoisotopic (exact) mass is 493 g/mol. The van der Waals surface area contributed by atoms with Crippen molar-refractivity contribution in [3.8, 4) is 11.8 Å². The molecule has 5 rings (SSSR count). The van der Waals surface area contributed by atoms with Crippen LogP contribution in [0.25, 0.3) is 0 Å². The number of carbonyl (C=O) groups excluding carboxylic acids is 1. The molecule has 2 N–H and O–H groups in total. The van der Waals surface area contributed by atoms with Crippen LogP contribution >= 0.6 is 11.6 Å². The number of amides is 1. The van der Waals surface area contributed by atoms with E-state index < -0.39 is 0 Å². The van der Waals surface area contributed by atoms with E-state index in [4.69, 9.17) is 21.6 Å². The quantitative estimate of drug-likeness (QED) is 0.641. The second-order valence-corrected chi connectivity index (χ2v) is 10.1. The van der Waals surface area contributed by atoms with E-state index >= 15 is 0 Å². The molecule has 0 bridgehead atoms. The van der Waals surface area contributed by atoms with Gasteiger partial charge < -0.3 is 20.3 Å². The molecule has 1 aliphatic carbocycles. The molecule has 1 amide bonds. The molecule has 0 spiro atoms. The molecule has 8 heteroatoms. The number of hydrogen-bond acceptors (Lipinski definition) is 6. The lowest BCUT2D eigenvalue weighted by Gasteiger charge is -2.43. The van der Waals surface area contributed by atoms with Crippen molar-refractivity contribution < 1.29 is 9.53 Å². The van der Waals surface area contributed by atoms with E-state index in [0.29, 0.717) is 27.9 Å². The fourth-order valence-corrected chi connectivity index (χ4v) is 5.36. The number of nitrogens with zero attached hydrogens (tertiary/aromatic N) is 3. The van der Waals surface area contributed by atoms with Gasteiger partial charge in [-0.25, -0.2) is 0 Å². The maximum Gasteiger partial charge on any atom is 0.251 e. The number of hydrogen-bond donors (Lipinski definition) is 2. The highest BCUT2D eigenvalue weighted by Crippen LogP contribution is 2.27. The highest BCUT2D eigenvalue weighted by molar-refractivity contribution is 6.31. The summed E-state index contributed by atoms with van der Waals surface area (Å²) >= 11 is 6.11. The standard InChI is InChI=1S/C27H32ClN5O2/c28-26-15-25(8-3-20(26)16-29)35-24-9-4-21(5-10-24)31-27(34)19-1-6-22(7-2-19)32-11-13-33(14-12-32)23-17-30-18-23/h1-3,6-8,15,21,23-24,30H,4-5,9-14,17-18H2,(H,31,34). The van der Waals surface area contributed by atoms with Gasteiger partial charge in [-0.1, -0.05) is 11.6 Å². The Morgan fingerprint density at radius 1 is 1.03 bits per heavy atom. The van der Waals surface area contributed by atoms with Crippen LogP contribution in [0.15, 0.2) is 42.5 Å². The molecule has 2 aromatic carbocycles. The molecule has 184 valence electrons. The molecule has 1 saturated carbocycles. The first-order chi connectivity index (χ1) is 17.1. The molecule has 0 aromatic heterocycles. The number of piperazine rings is 1. The van der Waals surface area contributed by atoms with Crippen LogP contribution in [0, 0.1) is 11.3 Å². The second-order valence-electron chi connectivity index (χ2n) is 9.70. The van der Waals surface area contributed by atoms with Gasteiger partial charge in [0, 0.05) is 68.7 Å². The number of nitrogens with one attached hydrogen (secondary N) is 2. The maximum atomic E-state index is 12.8. The SMILES string of the molecule is N#Cc1ccc(OC2CCC(NC(=O)c3ccc(N4CCN(C5CNC5)CC4)cc3)CC2)cc1Cl. The zero-order valence-electron chi connectivity index (χ0n) is 19.9. The Morgan fingerprint density at radius 2 is 1.74 bits per heavy atom. The van der Waals surface area contributed by atoms with E-state index in [-0.39, 0.29) is 18.1 Å². The smallest absolute Gasteiger partial charge is 0.251 e. The lowest BCUT2D eigenvalue weighted by molar-refractivity contribution is 0.0894. The van der Waals surface area contributed by atoms with E-state index in [0.717, 1.165) is 65.0 Å².